The maximum Gasteiger partial charge on any atom is 0.304 e. The van der Waals surface area contributed by atoms with Crippen molar-refractivity contribution in [2.45, 2.75) is 65.5 Å². The number of hydrogen-bond donors (Lipinski definition) is 3. The highest BCUT2D eigenvalue weighted by Gasteiger charge is 2.36. The predicted molar refractivity (Wildman–Crippen MR) is 172 cm³/mol. The molecule has 44 heavy (non-hydrogen) atoms. The van der Waals surface area contributed by atoms with Gasteiger partial charge in [0, 0.05) is 13.0 Å². The Balaban J connectivity index is 1.68. The number of amides is 2. The zero-order valence-corrected chi connectivity index (χ0v) is 26.7. The number of benzene rings is 3. The van der Waals surface area contributed by atoms with E-state index in [1.807, 2.05) is 75.4 Å². The number of carbonyl (C=O) groups excluding carboxylic acids is 2. The fourth-order valence-corrected chi connectivity index (χ4v) is 5.35. The number of carbonyl (C=O) groups is 3. The molecule has 0 radical (unpaired) electrons. The number of aryl methyl sites for hydroxylation is 2. The predicted octanol–water partition coefficient (Wildman–Crippen LogP) is 6.12. The van der Waals surface area contributed by atoms with E-state index < -0.39 is 35.3 Å². The van der Waals surface area contributed by atoms with Crippen LogP contribution in [0.15, 0.2) is 72.8 Å². The van der Waals surface area contributed by atoms with E-state index in [9.17, 15) is 19.5 Å². The molecule has 0 aliphatic heterocycles. The van der Waals surface area contributed by atoms with Gasteiger partial charge in [0.05, 0.1) is 26.2 Å². The van der Waals surface area contributed by atoms with Crippen molar-refractivity contribution in [3.05, 3.63) is 89.5 Å². The van der Waals surface area contributed by atoms with E-state index in [-0.39, 0.29) is 18.9 Å². The lowest BCUT2D eigenvalue weighted by Crippen LogP contribution is -2.55. The third-order valence-corrected chi connectivity index (χ3v) is 7.75. The molecule has 0 aliphatic rings. The molecule has 0 fully saturated rings. The Hall–Kier alpha value is -4.17. The van der Waals surface area contributed by atoms with Crippen LogP contribution >= 0.6 is 0 Å². The Morgan fingerprint density at radius 1 is 0.886 bits per heavy atom. The third kappa shape index (κ3) is 9.95. The van der Waals surface area contributed by atoms with Crippen molar-refractivity contribution in [2.24, 2.45) is 11.3 Å². The minimum Gasteiger partial charge on any atom is -0.497 e. The largest absolute Gasteiger partial charge is 0.497 e. The van der Waals surface area contributed by atoms with Gasteiger partial charge < -0.3 is 25.2 Å². The molecule has 0 saturated carbocycles. The number of carboxylic acids is 1. The summed E-state index contributed by atoms with van der Waals surface area (Å²) in [7, 11) is 3.22. The molecule has 3 atom stereocenters. The fraction of sp³-hybridized carbons (Fsp3) is 0.417. The van der Waals surface area contributed by atoms with Crippen molar-refractivity contribution >= 4 is 17.8 Å². The van der Waals surface area contributed by atoms with Crippen molar-refractivity contribution in [1.82, 2.24) is 10.6 Å². The molecule has 3 aromatic carbocycles. The fourth-order valence-electron chi connectivity index (χ4n) is 5.35. The molecule has 236 valence electrons. The molecule has 0 aliphatic carbocycles. The Labute approximate surface area is 261 Å². The number of methoxy groups -OCH3 is 2. The number of hydrogen-bond acceptors (Lipinski definition) is 5. The second kappa shape index (κ2) is 16.1. The molecule has 3 rings (SSSR count). The van der Waals surface area contributed by atoms with Gasteiger partial charge in [-0.3, -0.25) is 14.4 Å². The molecule has 0 heterocycles. The maximum atomic E-state index is 13.5. The van der Waals surface area contributed by atoms with E-state index in [1.54, 1.807) is 14.2 Å². The summed E-state index contributed by atoms with van der Waals surface area (Å²) in [6.07, 6.45) is 1.39. The first-order valence-electron chi connectivity index (χ1n) is 15.0. The lowest BCUT2D eigenvalue weighted by Gasteiger charge is -2.33. The highest BCUT2D eigenvalue weighted by atomic mass is 16.5. The van der Waals surface area contributed by atoms with Crippen LogP contribution in [0.4, 0.5) is 0 Å². The van der Waals surface area contributed by atoms with Gasteiger partial charge in [0.25, 0.3) is 0 Å². The van der Waals surface area contributed by atoms with Crippen LogP contribution in [0, 0.1) is 18.3 Å². The SMILES string of the molecule is COCC(NC(=O)[C@@H](NC(=O)[C@H](CCCc1ccc(-c2cccc(OC)c2)c(C)c1)CC(=O)O)C(C)(C)C)c1ccccc1. The highest BCUT2D eigenvalue weighted by Crippen LogP contribution is 2.28. The average Bonchev–Trinajstić information content (AvgIpc) is 2.98. The Kier molecular flexibility index (Phi) is 12.5. The van der Waals surface area contributed by atoms with Crippen molar-refractivity contribution in [3.8, 4) is 16.9 Å². The summed E-state index contributed by atoms with van der Waals surface area (Å²) in [6, 6.07) is 22.4. The lowest BCUT2D eigenvalue weighted by atomic mass is 9.85. The summed E-state index contributed by atoms with van der Waals surface area (Å²) in [5.41, 5.74) is 4.68. The molecule has 8 heteroatoms. The topological polar surface area (TPSA) is 114 Å². The van der Waals surface area contributed by atoms with Gasteiger partial charge in [-0.05, 0) is 71.6 Å². The molecular formula is C36H46N2O6. The summed E-state index contributed by atoms with van der Waals surface area (Å²) in [4.78, 5) is 38.7. The number of aliphatic carboxylic acids is 1. The second-order valence-corrected chi connectivity index (χ2v) is 12.3. The smallest absolute Gasteiger partial charge is 0.304 e. The highest BCUT2D eigenvalue weighted by molar-refractivity contribution is 5.90. The summed E-state index contributed by atoms with van der Waals surface area (Å²) in [5, 5.41) is 15.5. The summed E-state index contributed by atoms with van der Waals surface area (Å²) >= 11 is 0. The molecule has 0 bridgehead atoms. The van der Waals surface area contributed by atoms with Crippen LogP contribution < -0.4 is 15.4 Å². The van der Waals surface area contributed by atoms with Gasteiger partial charge in [0.15, 0.2) is 0 Å². The van der Waals surface area contributed by atoms with E-state index in [0.29, 0.717) is 19.3 Å². The number of carboxylic acid groups (broad SMARTS) is 1. The third-order valence-electron chi connectivity index (χ3n) is 7.75. The van der Waals surface area contributed by atoms with Gasteiger partial charge in [0.1, 0.15) is 11.8 Å². The van der Waals surface area contributed by atoms with Gasteiger partial charge in [-0.15, -0.1) is 0 Å². The van der Waals surface area contributed by atoms with Gasteiger partial charge in [0.2, 0.25) is 11.8 Å². The molecular weight excluding hydrogens is 556 g/mol. The first kappa shape index (κ1) is 34.3. The number of ether oxygens (including phenoxy) is 2. The maximum absolute atomic E-state index is 13.5. The minimum absolute atomic E-state index is 0.266. The van der Waals surface area contributed by atoms with E-state index >= 15 is 0 Å². The summed E-state index contributed by atoms with van der Waals surface area (Å²) in [5.74, 6) is -1.81. The van der Waals surface area contributed by atoms with Crippen LogP contribution in [0.5, 0.6) is 5.75 Å². The van der Waals surface area contributed by atoms with Crippen molar-refractivity contribution in [2.75, 3.05) is 20.8 Å². The van der Waals surface area contributed by atoms with E-state index in [0.717, 1.165) is 33.6 Å². The van der Waals surface area contributed by atoms with Crippen LogP contribution in [-0.4, -0.2) is 49.8 Å². The Morgan fingerprint density at radius 3 is 2.23 bits per heavy atom. The van der Waals surface area contributed by atoms with Crippen LogP contribution in [0.3, 0.4) is 0 Å². The van der Waals surface area contributed by atoms with Crippen LogP contribution in [0.2, 0.25) is 0 Å². The van der Waals surface area contributed by atoms with Gasteiger partial charge in [-0.1, -0.05) is 81.4 Å². The normalized spacial score (nSPS) is 13.4. The standard InChI is InChI=1S/C36H46N2O6/c1-24-20-25(18-19-30(24)27-15-11-17-29(21-27)44-6)12-10-16-28(22-32(39)40)34(41)38-33(36(2,3)4)35(42)37-31(23-43-5)26-13-8-7-9-14-26/h7-9,11,13-15,17-21,28,31,33H,10,12,16,22-23H2,1-6H3,(H,37,42)(H,38,41)(H,39,40)/t28-,31?,33-/m1/s1. The van der Waals surface area contributed by atoms with Crippen LogP contribution in [0.25, 0.3) is 11.1 Å². The number of nitrogens with one attached hydrogen (secondary N) is 2. The number of rotatable bonds is 15. The molecule has 8 nitrogen and oxygen atoms in total. The van der Waals surface area contributed by atoms with Crippen molar-refractivity contribution in [3.63, 3.8) is 0 Å². The van der Waals surface area contributed by atoms with Gasteiger partial charge >= 0.3 is 5.97 Å². The zero-order chi connectivity index (χ0) is 32.3. The van der Waals surface area contributed by atoms with Crippen LogP contribution in [0.1, 0.15) is 62.8 Å². The molecule has 0 saturated heterocycles. The first-order valence-corrected chi connectivity index (χ1v) is 15.0. The van der Waals surface area contributed by atoms with E-state index in [4.69, 9.17) is 9.47 Å². The summed E-state index contributed by atoms with van der Waals surface area (Å²) in [6.45, 7) is 7.94. The minimum atomic E-state index is -1.05. The Bertz CT molecular complexity index is 1400. The molecule has 0 spiro atoms. The van der Waals surface area contributed by atoms with Gasteiger partial charge in [-0.2, -0.15) is 0 Å². The monoisotopic (exact) mass is 602 g/mol. The van der Waals surface area contributed by atoms with E-state index in [2.05, 4.69) is 35.8 Å². The molecule has 3 N–H and O–H groups in total. The quantitative estimate of drug-likeness (QED) is 0.193. The lowest BCUT2D eigenvalue weighted by molar-refractivity contribution is -0.142. The zero-order valence-electron chi connectivity index (χ0n) is 26.7. The molecule has 1 unspecified atom stereocenters. The van der Waals surface area contributed by atoms with Crippen molar-refractivity contribution < 1.29 is 29.0 Å². The second-order valence-electron chi connectivity index (χ2n) is 12.3. The van der Waals surface area contributed by atoms with E-state index in [1.165, 1.54) is 0 Å². The molecule has 2 amide bonds. The Morgan fingerprint density at radius 2 is 1.61 bits per heavy atom. The van der Waals surface area contributed by atoms with Crippen molar-refractivity contribution in [1.29, 1.82) is 0 Å². The van der Waals surface area contributed by atoms with Gasteiger partial charge in [-0.25, -0.2) is 0 Å². The molecule has 0 aromatic heterocycles. The first-order chi connectivity index (χ1) is 20.9. The van der Waals surface area contributed by atoms with Crippen LogP contribution in [-0.2, 0) is 25.5 Å². The molecule has 3 aromatic rings. The summed E-state index contributed by atoms with van der Waals surface area (Å²) < 4.78 is 10.7. The average molecular weight is 603 g/mol.